The fourth-order valence-corrected chi connectivity index (χ4v) is 1.47. The first-order chi connectivity index (χ1) is 6.77. The van der Waals surface area contributed by atoms with Gasteiger partial charge in [0.25, 0.3) is 0 Å². The van der Waals surface area contributed by atoms with Crippen molar-refractivity contribution in [3.8, 4) is 5.75 Å². The molecule has 0 atom stereocenters. The molecule has 1 aromatic rings. The van der Waals surface area contributed by atoms with Gasteiger partial charge in [-0.3, -0.25) is 0 Å². The minimum absolute atomic E-state index is 0.0110. The topological polar surface area (TPSA) is 29.5 Å². The van der Waals surface area contributed by atoms with Crippen LogP contribution in [0.25, 0.3) is 0 Å². The highest BCUT2D eigenvalue weighted by Crippen LogP contribution is 2.23. The van der Waals surface area contributed by atoms with Crippen LogP contribution in [-0.4, -0.2) is 11.7 Å². The molecular formula is C11H13BrO2. The summed E-state index contributed by atoms with van der Waals surface area (Å²) in [6.07, 6.45) is 2.61. The zero-order valence-corrected chi connectivity index (χ0v) is 9.46. The Hall–Kier alpha value is -0.800. The zero-order chi connectivity index (χ0) is 10.4. The van der Waals surface area contributed by atoms with Crippen molar-refractivity contribution < 1.29 is 9.84 Å². The molecule has 0 spiro atoms. The van der Waals surface area contributed by atoms with Crippen LogP contribution >= 0.6 is 15.9 Å². The molecule has 0 bridgehead atoms. The minimum Gasteiger partial charge on any atom is -0.493 e. The minimum atomic E-state index is -0.0110. The first-order valence-corrected chi connectivity index (χ1v) is 5.20. The van der Waals surface area contributed by atoms with E-state index in [-0.39, 0.29) is 6.61 Å². The normalized spacial score (nSPS) is 9.86. The van der Waals surface area contributed by atoms with Gasteiger partial charge in [0, 0.05) is 10.0 Å². The average molecular weight is 257 g/mol. The average Bonchev–Trinajstić information content (AvgIpc) is 2.20. The monoisotopic (exact) mass is 256 g/mol. The third kappa shape index (κ3) is 3.16. The van der Waals surface area contributed by atoms with Gasteiger partial charge in [-0.05, 0) is 24.6 Å². The molecule has 1 N–H and O–H groups in total. The quantitative estimate of drug-likeness (QED) is 0.649. The summed E-state index contributed by atoms with van der Waals surface area (Å²) in [5, 5.41) is 9.08. The van der Waals surface area contributed by atoms with Crippen molar-refractivity contribution in [1.82, 2.24) is 0 Å². The number of rotatable bonds is 5. The summed E-state index contributed by atoms with van der Waals surface area (Å²) >= 11 is 3.34. The molecule has 0 saturated heterocycles. The van der Waals surface area contributed by atoms with Crippen molar-refractivity contribution in [1.29, 1.82) is 0 Å². The number of aliphatic hydroxyl groups excluding tert-OH is 1. The largest absolute Gasteiger partial charge is 0.493 e. The smallest absolute Gasteiger partial charge is 0.124 e. The van der Waals surface area contributed by atoms with Crippen LogP contribution in [0.1, 0.15) is 12.0 Å². The second-order valence-electron chi connectivity index (χ2n) is 2.84. The van der Waals surface area contributed by atoms with Gasteiger partial charge in [-0.25, -0.2) is 0 Å². The third-order valence-electron chi connectivity index (χ3n) is 1.77. The number of benzene rings is 1. The van der Waals surface area contributed by atoms with Gasteiger partial charge in [0.2, 0.25) is 0 Å². The van der Waals surface area contributed by atoms with E-state index in [2.05, 4.69) is 22.5 Å². The first kappa shape index (κ1) is 11.3. The molecule has 0 saturated carbocycles. The van der Waals surface area contributed by atoms with E-state index in [1.807, 2.05) is 18.2 Å². The van der Waals surface area contributed by atoms with Crippen LogP contribution in [0.2, 0.25) is 0 Å². The Morgan fingerprint density at radius 3 is 2.93 bits per heavy atom. The van der Waals surface area contributed by atoms with Gasteiger partial charge in [0.05, 0.1) is 13.2 Å². The van der Waals surface area contributed by atoms with E-state index in [0.717, 1.165) is 22.2 Å². The molecular weight excluding hydrogens is 244 g/mol. The molecule has 0 aliphatic heterocycles. The maximum absolute atomic E-state index is 9.08. The van der Waals surface area contributed by atoms with E-state index in [1.165, 1.54) is 0 Å². The maximum Gasteiger partial charge on any atom is 0.124 e. The number of aliphatic hydroxyl groups is 1. The summed E-state index contributed by atoms with van der Waals surface area (Å²) in [7, 11) is 0. The fraction of sp³-hybridized carbons (Fsp3) is 0.273. The molecule has 0 aromatic heterocycles. The van der Waals surface area contributed by atoms with Gasteiger partial charge < -0.3 is 9.84 Å². The van der Waals surface area contributed by atoms with Crippen LogP contribution in [0, 0.1) is 0 Å². The Morgan fingerprint density at radius 2 is 2.29 bits per heavy atom. The molecule has 0 unspecified atom stereocenters. The van der Waals surface area contributed by atoms with Crippen molar-refractivity contribution in [2.75, 3.05) is 6.61 Å². The lowest BCUT2D eigenvalue weighted by atomic mass is 10.2. The van der Waals surface area contributed by atoms with E-state index in [1.54, 1.807) is 6.08 Å². The lowest BCUT2D eigenvalue weighted by Gasteiger charge is -2.09. The second kappa shape index (κ2) is 5.83. The first-order valence-electron chi connectivity index (χ1n) is 4.41. The summed E-state index contributed by atoms with van der Waals surface area (Å²) in [5.41, 5.74) is 0.795. The van der Waals surface area contributed by atoms with Gasteiger partial charge in [-0.15, -0.1) is 6.58 Å². The molecule has 0 aliphatic carbocycles. The highest BCUT2D eigenvalue weighted by molar-refractivity contribution is 9.10. The Balaban J connectivity index is 2.69. The maximum atomic E-state index is 9.08. The highest BCUT2D eigenvalue weighted by Gasteiger charge is 2.02. The van der Waals surface area contributed by atoms with Crippen LogP contribution in [0.4, 0.5) is 0 Å². The summed E-state index contributed by atoms with van der Waals surface area (Å²) in [4.78, 5) is 0. The Bertz CT molecular complexity index is 310. The van der Waals surface area contributed by atoms with Crippen LogP contribution in [-0.2, 0) is 6.61 Å². The van der Waals surface area contributed by atoms with E-state index in [0.29, 0.717) is 6.61 Å². The number of hydrogen-bond acceptors (Lipinski definition) is 2. The van der Waals surface area contributed by atoms with Crippen LogP contribution in [0.3, 0.4) is 0 Å². The van der Waals surface area contributed by atoms with Crippen LogP contribution in [0.5, 0.6) is 5.75 Å². The zero-order valence-electron chi connectivity index (χ0n) is 7.87. The molecule has 0 radical (unpaired) electrons. The molecule has 1 rings (SSSR count). The SMILES string of the molecule is C=CCCOc1ccc(Br)cc1CO. The number of hydrogen-bond donors (Lipinski definition) is 1. The molecule has 0 heterocycles. The van der Waals surface area contributed by atoms with E-state index in [4.69, 9.17) is 9.84 Å². The van der Waals surface area contributed by atoms with Crippen molar-refractivity contribution in [3.05, 3.63) is 40.9 Å². The summed E-state index contributed by atoms with van der Waals surface area (Å²) in [5.74, 6) is 0.734. The summed E-state index contributed by atoms with van der Waals surface area (Å²) < 4.78 is 6.41. The second-order valence-corrected chi connectivity index (χ2v) is 3.75. The molecule has 0 amide bonds. The van der Waals surface area contributed by atoms with E-state index >= 15 is 0 Å². The lowest BCUT2D eigenvalue weighted by Crippen LogP contribution is -1.99. The van der Waals surface area contributed by atoms with Gasteiger partial charge >= 0.3 is 0 Å². The Morgan fingerprint density at radius 1 is 1.50 bits per heavy atom. The molecule has 2 nitrogen and oxygen atoms in total. The van der Waals surface area contributed by atoms with Crippen LogP contribution < -0.4 is 4.74 Å². The predicted molar refractivity (Wildman–Crippen MR) is 60.4 cm³/mol. The molecule has 0 fully saturated rings. The van der Waals surface area contributed by atoms with Gasteiger partial charge in [-0.2, -0.15) is 0 Å². The van der Waals surface area contributed by atoms with Gasteiger partial charge in [0.15, 0.2) is 0 Å². The molecule has 76 valence electrons. The van der Waals surface area contributed by atoms with Gasteiger partial charge in [-0.1, -0.05) is 22.0 Å². The highest BCUT2D eigenvalue weighted by atomic mass is 79.9. The molecule has 1 aromatic carbocycles. The number of halogens is 1. The van der Waals surface area contributed by atoms with E-state index in [9.17, 15) is 0 Å². The van der Waals surface area contributed by atoms with Crippen LogP contribution in [0.15, 0.2) is 35.3 Å². The van der Waals surface area contributed by atoms with E-state index < -0.39 is 0 Å². The number of ether oxygens (including phenoxy) is 1. The third-order valence-corrected chi connectivity index (χ3v) is 2.27. The fourth-order valence-electron chi connectivity index (χ4n) is 1.06. The Kier molecular flexibility index (Phi) is 4.70. The van der Waals surface area contributed by atoms with Crippen molar-refractivity contribution in [2.24, 2.45) is 0 Å². The van der Waals surface area contributed by atoms with Gasteiger partial charge in [0.1, 0.15) is 5.75 Å². The van der Waals surface area contributed by atoms with Crippen molar-refractivity contribution in [2.45, 2.75) is 13.0 Å². The summed E-state index contributed by atoms with van der Waals surface area (Å²) in [6.45, 7) is 4.20. The van der Waals surface area contributed by atoms with Crippen molar-refractivity contribution >= 4 is 15.9 Å². The molecule has 0 aliphatic rings. The standard InChI is InChI=1S/C11H13BrO2/c1-2-3-6-14-11-5-4-10(12)7-9(11)8-13/h2,4-5,7,13H,1,3,6,8H2. The summed E-state index contributed by atoms with van der Waals surface area (Å²) in [6, 6.07) is 5.59. The predicted octanol–water partition coefficient (Wildman–Crippen LogP) is 2.90. The van der Waals surface area contributed by atoms with Crippen molar-refractivity contribution in [3.63, 3.8) is 0 Å². The molecule has 14 heavy (non-hydrogen) atoms. The Labute approximate surface area is 92.3 Å². The lowest BCUT2D eigenvalue weighted by molar-refractivity contribution is 0.264. The molecule has 3 heteroatoms.